The molecule has 0 amide bonds. The average molecular weight is 302 g/mol. The summed E-state index contributed by atoms with van der Waals surface area (Å²) in [5, 5.41) is 0. The number of benzene rings is 1. The molecule has 0 N–H and O–H groups in total. The Hall–Kier alpha value is -1.94. The van der Waals surface area contributed by atoms with Crippen LogP contribution in [-0.4, -0.2) is 31.1 Å². The number of hydrogen-bond acceptors (Lipinski definition) is 4. The van der Waals surface area contributed by atoms with Gasteiger partial charge in [0.25, 0.3) is 0 Å². The molecule has 22 heavy (non-hydrogen) atoms. The molecule has 0 spiro atoms. The van der Waals surface area contributed by atoms with Gasteiger partial charge in [0.1, 0.15) is 0 Å². The molecule has 1 aromatic rings. The second-order valence-corrected chi connectivity index (χ2v) is 5.84. The number of ether oxygens (including phenoxy) is 2. The second kappa shape index (κ2) is 6.44. The molecule has 1 unspecified atom stereocenters. The summed E-state index contributed by atoms with van der Waals surface area (Å²) in [6, 6.07) is 9.91. The SMILES string of the molecule is C=C1C(=O)[C@](C)(C(=O)OC)C(CCc2ccccc2)O[C@@H]1C. The lowest BCUT2D eigenvalue weighted by atomic mass is 9.72. The van der Waals surface area contributed by atoms with Gasteiger partial charge in [0.05, 0.1) is 19.3 Å². The number of esters is 1. The van der Waals surface area contributed by atoms with E-state index in [0.29, 0.717) is 12.0 Å². The molecule has 0 aromatic heterocycles. The van der Waals surface area contributed by atoms with Gasteiger partial charge in [-0.05, 0) is 32.3 Å². The highest BCUT2D eigenvalue weighted by Crippen LogP contribution is 2.39. The van der Waals surface area contributed by atoms with Crippen LogP contribution in [0.15, 0.2) is 42.5 Å². The Bertz CT molecular complexity index is 578. The minimum atomic E-state index is -1.33. The van der Waals surface area contributed by atoms with Crippen molar-refractivity contribution in [3.05, 3.63) is 48.0 Å². The molecule has 4 heteroatoms. The standard InChI is InChI=1S/C18H22O4/c1-12-13(2)22-15(11-10-14-8-6-5-7-9-14)18(3,16(12)19)17(20)21-4/h5-9,13,15H,1,10-11H2,2-4H3/t13-,15?,18-/m1/s1. The molecule has 0 saturated carbocycles. The van der Waals surface area contributed by atoms with Crippen molar-refractivity contribution < 1.29 is 19.1 Å². The van der Waals surface area contributed by atoms with E-state index in [2.05, 4.69) is 6.58 Å². The van der Waals surface area contributed by atoms with E-state index in [1.807, 2.05) is 30.3 Å². The van der Waals surface area contributed by atoms with Gasteiger partial charge < -0.3 is 9.47 Å². The zero-order valence-corrected chi connectivity index (χ0v) is 13.3. The maximum atomic E-state index is 12.6. The maximum absolute atomic E-state index is 12.6. The van der Waals surface area contributed by atoms with Crippen LogP contribution in [0.1, 0.15) is 25.8 Å². The summed E-state index contributed by atoms with van der Waals surface area (Å²) in [5.41, 5.74) is 0.138. The van der Waals surface area contributed by atoms with Crippen LogP contribution in [0.4, 0.5) is 0 Å². The van der Waals surface area contributed by atoms with Gasteiger partial charge in [0, 0.05) is 5.57 Å². The third-order valence-electron chi connectivity index (χ3n) is 4.41. The monoisotopic (exact) mass is 302 g/mol. The van der Waals surface area contributed by atoms with Crippen LogP contribution in [0.2, 0.25) is 0 Å². The highest BCUT2D eigenvalue weighted by molar-refractivity contribution is 6.13. The Balaban J connectivity index is 2.23. The first-order valence-electron chi connectivity index (χ1n) is 7.42. The molecule has 0 bridgehead atoms. The van der Waals surface area contributed by atoms with Crippen molar-refractivity contribution in [2.45, 2.75) is 38.9 Å². The van der Waals surface area contributed by atoms with Crippen LogP contribution >= 0.6 is 0 Å². The van der Waals surface area contributed by atoms with E-state index in [9.17, 15) is 9.59 Å². The number of hydrogen-bond donors (Lipinski definition) is 0. The van der Waals surface area contributed by atoms with Gasteiger partial charge in [0.2, 0.25) is 0 Å². The van der Waals surface area contributed by atoms with Crippen molar-refractivity contribution >= 4 is 11.8 Å². The molecule has 2 rings (SSSR count). The van der Waals surface area contributed by atoms with Gasteiger partial charge in [-0.15, -0.1) is 0 Å². The molecule has 3 atom stereocenters. The van der Waals surface area contributed by atoms with Gasteiger partial charge in [-0.1, -0.05) is 36.9 Å². The Morgan fingerprint density at radius 3 is 2.59 bits per heavy atom. The molecular weight excluding hydrogens is 280 g/mol. The minimum absolute atomic E-state index is 0.281. The lowest BCUT2D eigenvalue weighted by Gasteiger charge is -2.41. The molecule has 1 heterocycles. The van der Waals surface area contributed by atoms with Crippen molar-refractivity contribution in [1.29, 1.82) is 0 Å². The van der Waals surface area contributed by atoms with E-state index in [4.69, 9.17) is 9.47 Å². The van der Waals surface area contributed by atoms with Crippen molar-refractivity contribution in [3.63, 3.8) is 0 Å². The molecule has 118 valence electrons. The van der Waals surface area contributed by atoms with E-state index < -0.39 is 17.5 Å². The van der Waals surface area contributed by atoms with Gasteiger partial charge >= 0.3 is 5.97 Å². The summed E-state index contributed by atoms with van der Waals surface area (Å²) in [4.78, 5) is 24.8. The third kappa shape index (κ3) is 2.83. The molecule has 1 aliphatic heterocycles. The first-order valence-corrected chi connectivity index (χ1v) is 7.42. The number of ketones is 1. The van der Waals surface area contributed by atoms with E-state index in [1.165, 1.54) is 7.11 Å². The van der Waals surface area contributed by atoms with E-state index in [1.54, 1.807) is 13.8 Å². The summed E-state index contributed by atoms with van der Waals surface area (Å²) in [6.45, 7) is 7.13. The third-order valence-corrected chi connectivity index (χ3v) is 4.41. The Labute approximate surface area is 131 Å². The quantitative estimate of drug-likeness (QED) is 0.487. The Morgan fingerprint density at radius 2 is 2.00 bits per heavy atom. The molecule has 0 aliphatic carbocycles. The molecule has 0 radical (unpaired) electrons. The molecule has 4 nitrogen and oxygen atoms in total. The van der Waals surface area contributed by atoms with E-state index in [0.717, 1.165) is 12.0 Å². The van der Waals surface area contributed by atoms with Crippen LogP contribution in [0.25, 0.3) is 0 Å². The zero-order chi connectivity index (χ0) is 16.3. The zero-order valence-electron chi connectivity index (χ0n) is 13.3. The summed E-state index contributed by atoms with van der Waals surface area (Å²) in [5.74, 6) is -0.847. The van der Waals surface area contributed by atoms with Crippen LogP contribution in [0.3, 0.4) is 0 Å². The number of aryl methyl sites for hydroxylation is 1. The lowest BCUT2D eigenvalue weighted by Crippen LogP contribution is -2.55. The Morgan fingerprint density at radius 1 is 1.36 bits per heavy atom. The number of Topliss-reactive ketones (excluding diaryl/α,β-unsaturated/α-hetero) is 1. The van der Waals surface area contributed by atoms with Crippen molar-refractivity contribution in [1.82, 2.24) is 0 Å². The first kappa shape index (κ1) is 16.4. The van der Waals surface area contributed by atoms with Crippen LogP contribution < -0.4 is 0 Å². The topological polar surface area (TPSA) is 52.6 Å². The molecule has 1 fully saturated rings. The van der Waals surface area contributed by atoms with Crippen LogP contribution in [0, 0.1) is 5.41 Å². The highest BCUT2D eigenvalue weighted by Gasteiger charge is 2.54. The predicted octanol–water partition coefficient (Wildman–Crippen LogP) is 2.71. The number of methoxy groups -OCH3 is 1. The van der Waals surface area contributed by atoms with Gasteiger partial charge in [-0.3, -0.25) is 9.59 Å². The Kier molecular flexibility index (Phi) is 4.81. The van der Waals surface area contributed by atoms with Crippen molar-refractivity contribution in [3.8, 4) is 0 Å². The normalized spacial score (nSPS) is 28.5. The van der Waals surface area contributed by atoms with Crippen LogP contribution in [-0.2, 0) is 25.5 Å². The number of carbonyl (C=O) groups is 2. The van der Waals surface area contributed by atoms with Crippen LogP contribution in [0.5, 0.6) is 0 Å². The molecule has 1 aromatic carbocycles. The summed E-state index contributed by atoms with van der Waals surface area (Å²) >= 11 is 0. The highest BCUT2D eigenvalue weighted by atomic mass is 16.5. The summed E-state index contributed by atoms with van der Waals surface area (Å²) in [7, 11) is 1.29. The lowest BCUT2D eigenvalue weighted by molar-refractivity contribution is -0.175. The molecular formula is C18H22O4. The summed E-state index contributed by atoms with van der Waals surface area (Å²) < 4.78 is 10.8. The van der Waals surface area contributed by atoms with Crippen molar-refractivity contribution in [2.24, 2.45) is 5.41 Å². The fourth-order valence-corrected chi connectivity index (χ4v) is 2.86. The van der Waals surface area contributed by atoms with Crippen molar-refractivity contribution in [2.75, 3.05) is 7.11 Å². The average Bonchev–Trinajstić information content (AvgIpc) is 2.55. The first-order chi connectivity index (χ1) is 10.4. The largest absolute Gasteiger partial charge is 0.468 e. The number of rotatable bonds is 4. The summed E-state index contributed by atoms with van der Waals surface area (Å²) in [6.07, 6.45) is 0.392. The molecule has 1 aliphatic rings. The maximum Gasteiger partial charge on any atom is 0.322 e. The van der Waals surface area contributed by atoms with Gasteiger partial charge in [-0.25, -0.2) is 0 Å². The van der Waals surface area contributed by atoms with Gasteiger partial charge in [0.15, 0.2) is 11.2 Å². The van der Waals surface area contributed by atoms with E-state index in [-0.39, 0.29) is 11.9 Å². The van der Waals surface area contributed by atoms with Gasteiger partial charge in [-0.2, -0.15) is 0 Å². The predicted molar refractivity (Wildman–Crippen MR) is 83.4 cm³/mol. The minimum Gasteiger partial charge on any atom is -0.468 e. The fraction of sp³-hybridized carbons (Fsp3) is 0.444. The molecule has 1 saturated heterocycles. The number of carbonyl (C=O) groups excluding carboxylic acids is 2. The van der Waals surface area contributed by atoms with E-state index >= 15 is 0 Å². The fourth-order valence-electron chi connectivity index (χ4n) is 2.86. The smallest absolute Gasteiger partial charge is 0.322 e. The second-order valence-electron chi connectivity index (χ2n) is 5.84.